The molecule has 0 atom stereocenters. The number of thiophene rings is 1. The molecule has 0 bridgehead atoms. The van der Waals surface area contributed by atoms with Crippen LogP contribution < -0.4 is 11.1 Å². The van der Waals surface area contributed by atoms with E-state index in [0.29, 0.717) is 11.4 Å². The lowest BCUT2D eigenvalue weighted by Gasteiger charge is -2.07. The van der Waals surface area contributed by atoms with Crippen molar-refractivity contribution in [1.29, 1.82) is 0 Å². The van der Waals surface area contributed by atoms with E-state index in [4.69, 9.17) is 5.73 Å². The van der Waals surface area contributed by atoms with Crippen LogP contribution in [0.25, 0.3) is 0 Å². The second-order valence-electron chi connectivity index (χ2n) is 2.81. The molecule has 1 aromatic carbocycles. The van der Waals surface area contributed by atoms with E-state index in [1.165, 1.54) is 17.4 Å². The van der Waals surface area contributed by atoms with Gasteiger partial charge in [0.05, 0.1) is 16.4 Å². The van der Waals surface area contributed by atoms with E-state index in [0.717, 1.165) is 5.00 Å². The fourth-order valence-electron chi connectivity index (χ4n) is 1.15. The molecule has 0 amide bonds. The van der Waals surface area contributed by atoms with Gasteiger partial charge in [-0.3, -0.25) is 0 Å². The third-order valence-electron chi connectivity index (χ3n) is 1.82. The normalized spacial score (nSPS) is 10.1. The lowest BCUT2D eigenvalue weighted by molar-refractivity contribution is 0.632. The van der Waals surface area contributed by atoms with Crippen LogP contribution in [0.5, 0.6) is 0 Å². The van der Waals surface area contributed by atoms with Crippen LogP contribution in [0.3, 0.4) is 0 Å². The molecule has 0 radical (unpaired) electrons. The summed E-state index contributed by atoms with van der Waals surface area (Å²) in [5, 5.41) is 5.73. The van der Waals surface area contributed by atoms with E-state index < -0.39 is 0 Å². The van der Waals surface area contributed by atoms with E-state index in [1.807, 2.05) is 17.5 Å². The summed E-state index contributed by atoms with van der Waals surface area (Å²) < 4.78 is 13.3. The van der Waals surface area contributed by atoms with Gasteiger partial charge in [0, 0.05) is 0 Å². The molecule has 0 unspecified atom stereocenters. The van der Waals surface area contributed by atoms with Crippen LogP contribution in [0.1, 0.15) is 0 Å². The number of nitrogens with two attached hydrogens (primary N) is 1. The topological polar surface area (TPSA) is 38.0 Å². The third kappa shape index (κ3) is 1.70. The van der Waals surface area contributed by atoms with Gasteiger partial charge >= 0.3 is 0 Å². The first-order valence-corrected chi connectivity index (χ1v) is 5.00. The van der Waals surface area contributed by atoms with Crippen molar-refractivity contribution in [2.45, 2.75) is 0 Å². The fourth-order valence-corrected chi connectivity index (χ4v) is 1.77. The van der Waals surface area contributed by atoms with Crippen LogP contribution in [0.15, 0.2) is 35.7 Å². The zero-order valence-corrected chi connectivity index (χ0v) is 8.14. The first kappa shape index (κ1) is 9.02. The lowest BCUT2D eigenvalue weighted by Crippen LogP contribution is -1.97. The van der Waals surface area contributed by atoms with E-state index >= 15 is 0 Å². The van der Waals surface area contributed by atoms with Crippen molar-refractivity contribution in [3.05, 3.63) is 41.5 Å². The quantitative estimate of drug-likeness (QED) is 0.744. The Bertz CT molecular complexity index is 405. The predicted octanol–water partition coefficient (Wildman–Crippen LogP) is 3.21. The standard InChI is InChI=1S/C10H9FN2S/c11-7-3-1-4-8(12)10(7)13-9-5-2-6-14-9/h1-6,13H,12H2. The van der Waals surface area contributed by atoms with Crippen LogP contribution in [-0.2, 0) is 0 Å². The molecule has 4 heteroatoms. The number of rotatable bonds is 2. The molecule has 0 aliphatic heterocycles. The van der Waals surface area contributed by atoms with Crippen molar-refractivity contribution < 1.29 is 4.39 Å². The zero-order valence-electron chi connectivity index (χ0n) is 7.33. The molecule has 0 saturated heterocycles. The van der Waals surface area contributed by atoms with Crippen molar-refractivity contribution in [2.24, 2.45) is 0 Å². The molecule has 1 heterocycles. The summed E-state index contributed by atoms with van der Waals surface area (Å²) in [5.74, 6) is -0.335. The molecule has 0 aliphatic carbocycles. The van der Waals surface area contributed by atoms with Gasteiger partial charge in [-0.1, -0.05) is 6.07 Å². The molecule has 2 aromatic rings. The van der Waals surface area contributed by atoms with Gasteiger partial charge in [0.15, 0.2) is 0 Å². The lowest BCUT2D eigenvalue weighted by atomic mass is 10.2. The summed E-state index contributed by atoms with van der Waals surface area (Å²) in [7, 11) is 0. The van der Waals surface area contributed by atoms with E-state index in [2.05, 4.69) is 5.32 Å². The van der Waals surface area contributed by atoms with E-state index in [1.54, 1.807) is 12.1 Å². The first-order chi connectivity index (χ1) is 6.77. The second-order valence-corrected chi connectivity index (χ2v) is 3.75. The predicted molar refractivity (Wildman–Crippen MR) is 58.4 cm³/mol. The van der Waals surface area contributed by atoms with E-state index in [-0.39, 0.29) is 5.82 Å². The Hall–Kier alpha value is -1.55. The molecule has 3 N–H and O–H groups in total. The summed E-state index contributed by atoms with van der Waals surface area (Å²) in [6.45, 7) is 0. The van der Waals surface area contributed by atoms with Gasteiger partial charge < -0.3 is 11.1 Å². The van der Waals surface area contributed by atoms with Crippen molar-refractivity contribution in [2.75, 3.05) is 11.1 Å². The third-order valence-corrected chi connectivity index (χ3v) is 2.60. The summed E-state index contributed by atoms with van der Waals surface area (Å²) in [6.07, 6.45) is 0. The highest BCUT2D eigenvalue weighted by atomic mass is 32.1. The fraction of sp³-hybridized carbons (Fsp3) is 0. The molecule has 1 aromatic heterocycles. The number of hydrogen-bond donors (Lipinski definition) is 2. The van der Waals surface area contributed by atoms with E-state index in [9.17, 15) is 4.39 Å². The van der Waals surface area contributed by atoms with Gasteiger partial charge in [-0.2, -0.15) is 0 Å². The SMILES string of the molecule is Nc1cccc(F)c1Nc1cccs1. The largest absolute Gasteiger partial charge is 0.397 e. The Balaban J connectivity index is 2.33. The number of benzene rings is 1. The van der Waals surface area contributed by atoms with Crippen LogP contribution in [-0.4, -0.2) is 0 Å². The van der Waals surface area contributed by atoms with Crippen LogP contribution in [0, 0.1) is 5.82 Å². The smallest absolute Gasteiger partial charge is 0.148 e. The average molecular weight is 208 g/mol. The van der Waals surface area contributed by atoms with Gasteiger partial charge in [0.1, 0.15) is 5.82 Å². The molecule has 2 nitrogen and oxygen atoms in total. The van der Waals surface area contributed by atoms with Gasteiger partial charge in [-0.25, -0.2) is 4.39 Å². The van der Waals surface area contributed by atoms with Gasteiger partial charge in [-0.15, -0.1) is 11.3 Å². The highest BCUT2D eigenvalue weighted by molar-refractivity contribution is 7.14. The molecule has 0 aliphatic rings. The number of nitrogens with one attached hydrogen (secondary N) is 1. The number of anilines is 3. The minimum absolute atomic E-state index is 0.335. The maximum atomic E-state index is 13.3. The number of nitrogen functional groups attached to an aromatic ring is 1. The number of hydrogen-bond acceptors (Lipinski definition) is 3. The van der Waals surface area contributed by atoms with Crippen molar-refractivity contribution in [1.82, 2.24) is 0 Å². The minimum Gasteiger partial charge on any atom is -0.397 e. The van der Waals surface area contributed by atoms with Crippen molar-refractivity contribution in [3.63, 3.8) is 0 Å². The Kier molecular flexibility index (Phi) is 2.37. The van der Waals surface area contributed by atoms with Crippen LogP contribution in [0.4, 0.5) is 20.8 Å². The van der Waals surface area contributed by atoms with Gasteiger partial charge in [-0.05, 0) is 29.6 Å². The number of halogens is 1. The summed E-state index contributed by atoms with van der Waals surface area (Å²) in [6, 6.07) is 8.40. The zero-order chi connectivity index (χ0) is 9.97. The minimum atomic E-state index is -0.335. The second kappa shape index (κ2) is 3.67. The molecular weight excluding hydrogens is 199 g/mol. The molecule has 72 valence electrons. The maximum Gasteiger partial charge on any atom is 0.148 e. The molecule has 0 spiro atoms. The molecule has 14 heavy (non-hydrogen) atoms. The average Bonchev–Trinajstić information content (AvgIpc) is 2.64. The highest BCUT2D eigenvalue weighted by Gasteiger charge is 2.05. The van der Waals surface area contributed by atoms with Crippen molar-refractivity contribution >= 4 is 27.7 Å². The number of para-hydroxylation sites is 1. The molecular formula is C10H9FN2S. The molecule has 2 rings (SSSR count). The molecule has 0 saturated carbocycles. The highest BCUT2D eigenvalue weighted by Crippen LogP contribution is 2.28. The van der Waals surface area contributed by atoms with Gasteiger partial charge in [0.2, 0.25) is 0 Å². The summed E-state index contributed by atoms with van der Waals surface area (Å²) in [4.78, 5) is 0. The first-order valence-electron chi connectivity index (χ1n) is 4.12. The summed E-state index contributed by atoms with van der Waals surface area (Å²) in [5.41, 5.74) is 6.40. The van der Waals surface area contributed by atoms with Gasteiger partial charge in [0.25, 0.3) is 0 Å². The van der Waals surface area contributed by atoms with Crippen LogP contribution >= 0.6 is 11.3 Å². The summed E-state index contributed by atoms with van der Waals surface area (Å²) >= 11 is 1.50. The Morgan fingerprint density at radius 2 is 2.07 bits per heavy atom. The molecule has 0 fully saturated rings. The monoisotopic (exact) mass is 208 g/mol. The Labute approximate surface area is 85.2 Å². The van der Waals surface area contributed by atoms with Crippen molar-refractivity contribution in [3.8, 4) is 0 Å². The maximum absolute atomic E-state index is 13.3. The van der Waals surface area contributed by atoms with Crippen LogP contribution in [0.2, 0.25) is 0 Å². The Morgan fingerprint density at radius 1 is 1.21 bits per heavy atom. The Morgan fingerprint density at radius 3 is 2.71 bits per heavy atom.